The van der Waals surface area contributed by atoms with Gasteiger partial charge in [-0.2, -0.15) is 22.0 Å². The van der Waals surface area contributed by atoms with Crippen LogP contribution in [-0.4, -0.2) is 25.1 Å². The van der Waals surface area contributed by atoms with E-state index in [1.54, 1.807) is 0 Å². The van der Waals surface area contributed by atoms with E-state index in [0.717, 1.165) is 13.1 Å². The molecule has 1 aromatic carbocycles. The number of nitrogen functional groups attached to an aromatic ring is 1. The van der Waals surface area contributed by atoms with Gasteiger partial charge in [-0.15, -0.1) is 0 Å². The Labute approximate surface area is 113 Å². The van der Waals surface area contributed by atoms with Crippen LogP contribution in [0.1, 0.15) is 0 Å². The Hall–Kier alpha value is -1.38. The van der Waals surface area contributed by atoms with E-state index < -0.39 is 18.0 Å². The molecule has 19 heavy (non-hydrogen) atoms. The predicted octanol–water partition coefficient (Wildman–Crippen LogP) is 3.19. The summed E-state index contributed by atoms with van der Waals surface area (Å²) < 4.78 is 62.6. The molecule has 9 heteroatoms. The summed E-state index contributed by atoms with van der Waals surface area (Å²) in [6, 6.07) is 3.80. The van der Waals surface area contributed by atoms with E-state index >= 15 is 0 Å². The largest absolute Gasteiger partial charge is 0.463 e. The molecule has 0 spiro atoms. The van der Waals surface area contributed by atoms with Gasteiger partial charge in [-0.3, -0.25) is 4.79 Å². The van der Waals surface area contributed by atoms with E-state index in [4.69, 9.17) is 5.73 Å². The van der Waals surface area contributed by atoms with Crippen molar-refractivity contribution < 1.29 is 26.7 Å². The second-order valence-electron chi connectivity index (χ2n) is 3.64. The lowest BCUT2D eigenvalue weighted by atomic mass is 10.2. The number of anilines is 2. The molecular formula is C10H8BrF5N2O. The number of alkyl halides is 5. The van der Waals surface area contributed by atoms with Crippen LogP contribution in [0.4, 0.5) is 33.3 Å². The summed E-state index contributed by atoms with van der Waals surface area (Å²) in [5.74, 6) is -7.87. The Balaban J connectivity index is 3.13. The number of amides is 1. The quantitative estimate of drug-likeness (QED) is 0.660. The van der Waals surface area contributed by atoms with Gasteiger partial charge in [0.1, 0.15) is 0 Å². The van der Waals surface area contributed by atoms with Crippen LogP contribution >= 0.6 is 15.9 Å². The zero-order valence-electron chi connectivity index (χ0n) is 9.43. The van der Waals surface area contributed by atoms with Crippen molar-refractivity contribution in [1.82, 2.24) is 0 Å². The van der Waals surface area contributed by atoms with Gasteiger partial charge in [0.15, 0.2) is 0 Å². The van der Waals surface area contributed by atoms with E-state index in [0.29, 0.717) is 4.47 Å². The summed E-state index contributed by atoms with van der Waals surface area (Å²) in [6.45, 7) is 0. The molecule has 0 radical (unpaired) electrons. The summed E-state index contributed by atoms with van der Waals surface area (Å²) in [4.78, 5) is 11.4. The molecule has 0 aliphatic carbocycles. The molecule has 106 valence electrons. The molecule has 0 bridgehead atoms. The maximum absolute atomic E-state index is 12.9. The molecule has 0 saturated heterocycles. The van der Waals surface area contributed by atoms with E-state index in [9.17, 15) is 26.7 Å². The molecule has 0 heterocycles. The molecule has 0 atom stereocenters. The van der Waals surface area contributed by atoms with E-state index in [-0.39, 0.29) is 16.3 Å². The molecule has 2 N–H and O–H groups in total. The Morgan fingerprint density at radius 3 is 2.21 bits per heavy atom. The number of hydrogen-bond acceptors (Lipinski definition) is 2. The average molecular weight is 347 g/mol. The van der Waals surface area contributed by atoms with Gasteiger partial charge >= 0.3 is 18.0 Å². The first kappa shape index (κ1) is 15.7. The molecule has 1 rings (SSSR count). The minimum Gasteiger partial charge on any atom is -0.397 e. The lowest BCUT2D eigenvalue weighted by Crippen LogP contribution is -2.51. The van der Waals surface area contributed by atoms with Gasteiger partial charge in [0.25, 0.3) is 0 Å². The lowest BCUT2D eigenvalue weighted by molar-refractivity contribution is -0.268. The molecule has 0 saturated carbocycles. The SMILES string of the molecule is CN(C(=O)C(F)(F)C(F)(F)F)c1ccc(Br)cc1N. The van der Waals surface area contributed by atoms with Crippen molar-refractivity contribution in [3.05, 3.63) is 22.7 Å². The number of benzene rings is 1. The minimum absolute atomic E-state index is 0.108. The first-order chi connectivity index (χ1) is 8.48. The number of hydrogen-bond donors (Lipinski definition) is 1. The van der Waals surface area contributed by atoms with Crippen LogP contribution in [0.3, 0.4) is 0 Å². The van der Waals surface area contributed by atoms with Crippen molar-refractivity contribution >= 4 is 33.2 Å². The summed E-state index contributed by atoms with van der Waals surface area (Å²) in [6.07, 6.45) is -5.96. The highest BCUT2D eigenvalue weighted by molar-refractivity contribution is 9.10. The summed E-state index contributed by atoms with van der Waals surface area (Å²) in [7, 11) is 0.793. The first-order valence-corrected chi connectivity index (χ1v) is 5.55. The highest BCUT2D eigenvalue weighted by Gasteiger charge is 2.64. The lowest BCUT2D eigenvalue weighted by Gasteiger charge is -2.25. The highest BCUT2D eigenvalue weighted by Crippen LogP contribution is 2.38. The third kappa shape index (κ3) is 2.96. The fourth-order valence-corrected chi connectivity index (χ4v) is 1.65. The molecule has 1 aromatic rings. The van der Waals surface area contributed by atoms with Crippen LogP contribution in [0.2, 0.25) is 0 Å². The third-order valence-corrected chi connectivity index (χ3v) is 2.77. The standard InChI is InChI=1S/C10H8BrF5N2O/c1-18(7-3-2-5(11)4-6(7)17)8(19)9(12,13)10(14,15)16/h2-4H,17H2,1H3. The maximum atomic E-state index is 12.9. The summed E-state index contributed by atoms with van der Waals surface area (Å²) in [5.41, 5.74) is 5.12. The van der Waals surface area contributed by atoms with Gasteiger partial charge in [-0.1, -0.05) is 15.9 Å². The smallest absolute Gasteiger partial charge is 0.397 e. The van der Waals surface area contributed by atoms with Crippen LogP contribution in [0.25, 0.3) is 0 Å². The number of carbonyl (C=O) groups excluding carboxylic acids is 1. The monoisotopic (exact) mass is 346 g/mol. The van der Waals surface area contributed by atoms with Crippen molar-refractivity contribution in [3.63, 3.8) is 0 Å². The van der Waals surface area contributed by atoms with Gasteiger partial charge in [0.05, 0.1) is 11.4 Å². The molecule has 0 unspecified atom stereocenters. The number of carbonyl (C=O) groups is 1. The number of nitrogens with zero attached hydrogens (tertiary/aromatic N) is 1. The van der Waals surface area contributed by atoms with Crippen molar-refractivity contribution in [2.75, 3.05) is 17.7 Å². The third-order valence-electron chi connectivity index (χ3n) is 2.28. The minimum atomic E-state index is -5.96. The van der Waals surface area contributed by atoms with Crippen molar-refractivity contribution in [2.45, 2.75) is 12.1 Å². The zero-order valence-corrected chi connectivity index (χ0v) is 11.0. The Morgan fingerprint density at radius 2 is 1.79 bits per heavy atom. The second-order valence-corrected chi connectivity index (χ2v) is 4.56. The topological polar surface area (TPSA) is 46.3 Å². The normalized spacial score (nSPS) is 12.4. The number of nitrogens with two attached hydrogens (primary N) is 1. The predicted molar refractivity (Wildman–Crippen MR) is 63.0 cm³/mol. The summed E-state index contributed by atoms with van der Waals surface area (Å²) in [5, 5.41) is 0. The van der Waals surface area contributed by atoms with E-state index in [1.807, 2.05) is 0 Å². The van der Waals surface area contributed by atoms with Gasteiger partial charge in [0.2, 0.25) is 0 Å². The average Bonchev–Trinajstić information content (AvgIpc) is 2.25. The zero-order chi connectivity index (χ0) is 15.0. The fourth-order valence-electron chi connectivity index (χ4n) is 1.27. The molecular weight excluding hydrogens is 339 g/mol. The second kappa shape index (κ2) is 4.95. The maximum Gasteiger partial charge on any atom is 0.463 e. The van der Waals surface area contributed by atoms with Crippen LogP contribution in [0.15, 0.2) is 22.7 Å². The van der Waals surface area contributed by atoms with Gasteiger partial charge < -0.3 is 10.6 Å². The van der Waals surface area contributed by atoms with Crippen molar-refractivity contribution in [3.8, 4) is 0 Å². The first-order valence-electron chi connectivity index (χ1n) is 4.76. The Bertz CT molecular complexity index is 503. The van der Waals surface area contributed by atoms with Gasteiger partial charge in [0, 0.05) is 11.5 Å². The van der Waals surface area contributed by atoms with Crippen LogP contribution in [0.5, 0.6) is 0 Å². The van der Waals surface area contributed by atoms with E-state index in [1.165, 1.54) is 12.1 Å². The van der Waals surface area contributed by atoms with Crippen LogP contribution in [0, 0.1) is 0 Å². The van der Waals surface area contributed by atoms with Crippen LogP contribution in [-0.2, 0) is 4.79 Å². The molecule has 0 aliphatic rings. The molecule has 1 amide bonds. The van der Waals surface area contributed by atoms with Gasteiger partial charge in [-0.05, 0) is 18.2 Å². The van der Waals surface area contributed by atoms with Crippen LogP contribution < -0.4 is 10.6 Å². The van der Waals surface area contributed by atoms with Crippen molar-refractivity contribution in [1.29, 1.82) is 0 Å². The summed E-state index contributed by atoms with van der Waals surface area (Å²) >= 11 is 3.04. The Kier molecular flexibility index (Phi) is 4.08. The number of halogens is 6. The molecule has 0 fully saturated rings. The molecule has 3 nitrogen and oxygen atoms in total. The number of rotatable bonds is 2. The molecule has 0 aliphatic heterocycles. The van der Waals surface area contributed by atoms with Gasteiger partial charge in [-0.25, -0.2) is 0 Å². The Morgan fingerprint density at radius 1 is 1.26 bits per heavy atom. The molecule has 0 aromatic heterocycles. The van der Waals surface area contributed by atoms with E-state index in [2.05, 4.69) is 15.9 Å². The highest BCUT2D eigenvalue weighted by atomic mass is 79.9. The van der Waals surface area contributed by atoms with Crippen molar-refractivity contribution in [2.24, 2.45) is 0 Å². The fraction of sp³-hybridized carbons (Fsp3) is 0.300.